The van der Waals surface area contributed by atoms with Gasteiger partial charge in [0, 0.05) is 5.56 Å². The number of rotatable bonds is 2. The van der Waals surface area contributed by atoms with Gasteiger partial charge in [-0.2, -0.15) is 0 Å². The molecule has 0 heterocycles. The highest BCUT2D eigenvalue weighted by molar-refractivity contribution is 5.56. The summed E-state index contributed by atoms with van der Waals surface area (Å²) in [5.41, 5.74) is -0.125. The van der Waals surface area contributed by atoms with Gasteiger partial charge in [0.2, 0.25) is 0 Å². The van der Waals surface area contributed by atoms with E-state index in [9.17, 15) is 4.39 Å². The summed E-state index contributed by atoms with van der Waals surface area (Å²) in [6.45, 7) is 6.37. The minimum Gasteiger partial charge on any atom is -0.508 e. The Kier molecular flexibility index (Phi) is 2.41. The van der Waals surface area contributed by atoms with Crippen molar-refractivity contribution in [1.29, 1.82) is 0 Å². The molecule has 1 aromatic rings. The van der Waals surface area contributed by atoms with E-state index in [4.69, 9.17) is 5.11 Å². The lowest BCUT2D eigenvalue weighted by Gasteiger charge is -2.14. The van der Waals surface area contributed by atoms with Gasteiger partial charge in [0.1, 0.15) is 11.4 Å². The third-order valence-electron chi connectivity index (χ3n) is 1.90. The first-order valence-corrected chi connectivity index (χ1v) is 4.09. The first kappa shape index (κ1) is 9.78. The van der Waals surface area contributed by atoms with Crippen LogP contribution in [-0.2, 0) is 5.67 Å². The lowest BCUT2D eigenvalue weighted by atomic mass is 9.99. The SMILES string of the molecule is C=C(O)c1ccc(C(C)(C)F)cc1. The van der Waals surface area contributed by atoms with Crippen LogP contribution < -0.4 is 0 Å². The fraction of sp³-hybridized carbons (Fsp3) is 0.273. The van der Waals surface area contributed by atoms with Crippen LogP contribution in [0.2, 0.25) is 0 Å². The van der Waals surface area contributed by atoms with Crippen molar-refractivity contribution < 1.29 is 9.50 Å². The Morgan fingerprint density at radius 1 is 1.31 bits per heavy atom. The summed E-state index contributed by atoms with van der Waals surface area (Å²) in [6, 6.07) is 6.60. The number of hydrogen-bond donors (Lipinski definition) is 1. The second kappa shape index (κ2) is 3.21. The molecule has 0 aromatic heterocycles. The van der Waals surface area contributed by atoms with Crippen molar-refractivity contribution in [3.05, 3.63) is 42.0 Å². The van der Waals surface area contributed by atoms with Crippen molar-refractivity contribution in [3.8, 4) is 0 Å². The molecule has 0 atom stereocenters. The van der Waals surface area contributed by atoms with Crippen molar-refractivity contribution in [3.63, 3.8) is 0 Å². The zero-order valence-electron chi connectivity index (χ0n) is 7.84. The van der Waals surface area contributed by atoms with Crippen molar-refractivity contribution in [2.24, 2.45) is 0 Å². The summed E-state index contributed by atoms with van der Waals surface area (Å²) in [5.74, 6) is 0.00298. The van der Waals surface area contributed by atoms with Gasteiger partial charge in [-0.05, 0) is 19.4 Å². The molecule has 1 rings (SSSR count). The maximum absolute atomic E-state index is 13.4. The fourth-order valence-corrected chi connectivity index (χ4v) is 1.06. The molecule has 13 heavy (non-hydrogen) atoms. The van der Waals surface area contributed by atoms with Gasteiger partial charge in [-0.15, -0.1) is 0 Å². The van der Waals surface area contributed by atoms with Crippen molar-refractivity contribution in [2.45, 2.75) is 19.5 Å². The smallest absolute Gasteiger partial charge is 0.130 e. The molecule has 0 amide bonds. The van der Waals surface area contributed by atoms with Crippen LogP contribution in [0.25, 0.3) is 5.76 Å². The van der Waals surface area contributed by atoms with Gasteiger partial charge < -0.3 is 5.11 Å². The second-order valence-corrected chi connectivity index (χ2v) is 3.50. The van der Waals surface area contributed by atoms with E-state index in [0.717, 1.165) is 0 Å². The van der Waals surface area contributed by atoms with E-state index in [1.807, 2.05) is 0 Å². The fourth-order valence-electron chi connectivity index (χ4n) is 1.06. The normalized spacial score (nSPS) is 11.3. The van der Waals surface area contributed by atoms with Crippen molar-refractivity contribution in [2.75, 3.05) is 0 Å². The van der Waals surface area contributed by atoms with E-state index in [0.29, 0.717) is 11.1 Å². The van der Waals surface area contributed by atoms with Crippen molar-refractivity contribution in [1.82, 2.24) is 0 Å². The van der Waals surface area contributed by atoms with Crippen LogP contribution in [0.5, 0.6) is 0 Å². The Morgan fingerprint density at radius 2 is 1.77 bits per heavy atom. The monoisotopic (exact) mass is 180 g/mol. The van der Waals surface area contributed by atoms with Gasteiger partial charge >= 0.3 is 0 Å². The van der Waals surface area contributed by atoms with Gasteiger partial charge in [0.05, 0.1) is 0 Å². The molecule has 1 nitrogen and oxygen atoms in total. The Bertz CT molecular complexity index is 306. The summed E-state index contributed by atoms with van der Waals surface area (Å²) in [6.07, 6.45) is 0. The molecule has 0 radical (unpaired) electrons. The molecule has 0 saturated carbocycles. The topological polar surface area (TPSA) is 20.2 Å². The van der Waals surface area contributed by atoms with Gasteiger partial charge in [-0.3, -0.25) is 0 Å². The number of halogens is 1. The highest BCUT2D eigenvalue weighted by atomic mass is 19.1. The minimum absolute atomic E-state index is 0.00298. The van der Waals surface area contributed by atoms with Gasteiger partial charge in [-0.25, -0.2) is 4.39 Å². The third-order valence-corrected chi connectivity index (χ3v) is 1.90. The van der Waals surface area contributed by atoms with Crippen molar-refractivity contribution >= 4 is 5.76 Å². The lowest BCUT2D eigenvalue weighted by Crippen LogP contribution is -2.08. The minimum atomic E-state index is -1.34. The largest absolute Gasteiger partial charge is 0.508 e. The number of hydrogen-bond acceptors (Lipinski definition) is 1. The van der Waals surface area contributed by atoms with Gasteiger partial charge in [0.25, 0.3) is 0 Å². The molecule has 70 valence electrons. The molecule has 0 fully saturated rings. The van der Waals surface area contributed by atoms with E-state index >= 15 is 0 Å². The van der Waals surface area contributed by atoms with Gasteiger partial charge in [-0.1, -0.05) is 30.8 Å². The number of aliphatic hydroxyl groups is 1. The Hall–Kier alpha value is -1.31. The third kappa shape index (κ3) is 2.31. The second-order valence-electron chi connectivity index (χ2n) is 3.50. The predicted molar refractivity (Wildman–Crippen MR) is 52.2 cm³/mol. The predicted octanol–water partition coefficient (Wildman–Crippen LogP) is 3.42. The lowest BCUT2D eigenvalue weighted by molar-refractivity contribution is 0.221. The maximum atomic E-state index is 13.4. The molecule has 0 aliphatic carbocycles. The Balaban J connectivity index is 3.01. The van der Waals surface area contributed by atoms with Crippen LogP contribution in [0, 0.1) is 0 Å². The van der Waals surface area contributed by atoms with E-state index in [2.05, 4.69) is 6.58 Å². The molecule has 0 aliphatic heterocycles. The van der Waals surface area contributed by atoms with Crippen LogP contribution in [0.1, 0.15) is 25.0 Å². The molecule has 0 spiro atoms. The summed E-state index contributed by atoms with van der Waals surface area (Å²) in [5, 5.41) is 9.03. The molecule has 1 aromatic carbocycles. The average Bonchev–Trinajstić information content (AvgIpc) is 2.03. The van der Waals surface area contributed by atoms with E-state index in [1.54, 1.807) is 24.3 Å². The number of benzene rings is 1. The first-order chi connectivity index (χ1) is 5.91. The zero-order chi connectivity index (χ0) is 10.1. The number of aliphatic hydroxyl groups excluding tert-OH is 1. The molecule has 0 aliphatic rings. The molecule has 2 heteroatoms. The summed E-state index contributed by atoms with van der Waals surface area (Å²) in [4.78, 5) is 0. The Morgan fingerprint density at radius 3 is 2.08 bits per heavy atom. The van der Waals surface area contributed by atoms with Crippen LogP contribution in [0.15, 0.2) is 30.8 Å². The van der Waals surface area contributed by atoms with E-state index in [1.165, 1.54) is 13.8 Å². The number of alkyl halides is 1. The first-order valence-electron chi connectivity index (χ1n) is 4.09. The van der Waals surface area contributed by atoms with E-state index in [-0.39, 0.29) is 5.76 Å². The zero-order valence-corrected chi connectivity index (χ0v) is 7.84. The molecular formula is C11H13FO. The van der Waals surface area contributed by atoms with E-state index < -0.39 is 5.67 Å². The molecule has 0 saturated heterocycles. The highest BCUT2D eigenvalue weighted by Crippen LogP contribution is 2.25. The van der Waals surface area contributed by atoms with Crippen LogP contribution in [0.3, 0.4) is 0 Å². The van der Waals surface area contributed by atoms with Crippen LogP contribution in [0.4, 0.5) is 4.39 Å². The molecular weight excluding hydrogens is 167 g/mol. The Labute approximate surface area is 77.5 Å². The molecule has 1 N–H and O–H groups in total. The quantitative estimate of drug-likeness (QED) is 0.691. The average molecular weight is 180 g/mol. The maximum Gasteiger partial charge on any atom is 0.130 e. The van der Waals surface area contributed by atoms with Crippen LogP contribution >= 0.6 is 0 Å². The summed E-state index contributed by atoms with van der Waals surface area (Å²) in [7, 11) is 0. The molecule has 0 unspecified atom stereocenters. The highest BCUT2D eigenvalue weighted by Gasteiger charge is 2.17. The standard InChI is InChI=1S/C11H13FO/c1-8(13)9-4-6-10(7-5-9)11(2,3)12/h4-7,13H,1H2,2-3H3. The van der Waals surface area contributed by atoms with Gasteiger partial charge in [0.15, 0.2) is 0 Å². The van der Waals surface area contributed by atoms with Crippen LogP contribution in [-0.4, -0.2) is 5.11 Å². The molecule has 0 bridgehead atoms. The summed E-state index contributed by atoms with van der Waals surface area (Å²) >= 11 is 0. The summed E-state index contributed by atoms with van der Waals surface area (Å²) < 4.78 is 13.4.